The van der Waals surface area contributed by atoms with Gasteiger partial charge in [-0.1, -0.05) is 44.4 Å². The van der Waals surface area contributed by atoms with Gasteiger partial charge in [-0.3, -0.25) is 4.79 Å². The number of allylic oxidation sites excluding steroid dienone is 1. The van der Waals surface area contributed by atoms with Gasteiger partial charge in [0.05, 0.1) is 0 Å². The quantitative estimate of drug-likeness (QED) is 0.339. The van der Waals surface area contributed by atoms with Gasteiger partial charge in [-0.05, 0) is 37.1 Å². The van der Waals surface area contributed by atoms with E-state index in [1.165, 1.54) is 12.8 Å². The molecular weight excluding hydrogens is 264 g/mol. The normalized spacial score (nSPS) is 11.0. The van der Waals surface area contributed by atoms with Crippen molar-refractivity contribution in [3.63, 3.8) is 0 Å². The molecule has 0 radical (unpaired) electrons. The number of unbranched alkanes of at least 4 members (excludes halogenated alkanes) is 3. The number of rotatable bonds is 11. The highest BCUT2D eigenvalue weighted by Gasteiger charge is 1.98. The molecule has 0 aliphatic rings. The summed E-state index contributed by atoms with van der Waals surface area (Å²) in [4.78, 5) is 11.7. The molecule has 0 aliphatic carbocycles. The summed E-state index contributed by atoms with van der Waals surface area (Å²) < 4.78 is 10.6. The second kappa shape index (κ2) is 11.1. The minimum atomic E-state index is 0.187. The number of hydrogen-bond acceptors (Lipinski definition) is 3. The van der Waals surface area contributed by atoms with Crippen LogP contribution in [0.25, 0.3) is 6.08 Å². The van der Waals surface area contributed by atoms with Gasteiger partial charge in [-0.25, -0.2) is 0 Å². The summed E-state index contributed by atoms with van der Waals surface area (Å²) in [6, 6.07) is 7.64. The highest BCUT2D eigenvalue weighted by molar-refractivity contribution is 5.93. The van der Waals surface area contributed by atoms with Crippen LogP contribution in [0.1, 0.15) is 51.5 Å². The Bertz CT molecular complexity index is 438. The van der Waals surface area contributed by atoms with E-state index >= 15 is 0 Å². The Morgan fingerprint density at radius 3 is 2.81 bits per heavy atom. The van der Waals surface area contributed by atoms with E-state index in [9.17, 15) is 4.79 Å². The van der Waals surface area contributed by atoms with Gasteiger partial charge in [0.1, 0.15) is 5.75 Å². The Kier molecular flexibility index (Phi) is 9.21. The van der Waals surface area contributed by atoms with Crippen LogP contribution < -0.4 is 4.74 Å². The SMILES string of the molecule is CCCCCCC(=O)/C=C/c1cccc(OCOCC)c1. The van der Waals surface area contributed by atoms with Gasteiger partial charge in [0, 0.05) is 13.0 Å². The monoisotopic (exact) mass is 290 g/mol. The van der Waals surface area contributed by atoms with E-state index in [0.717, 1.165) is 24.2 Å². The third-order valence-corrected chi connectivity index (χ3v) is 3.11. The molecule has 0 N–H and O–H groups in total. The van der Waals surface area contributed by atoms with Crippen LogP contribution >= 0.6 is 0 Å². The lowest BCUT2D eigenvalue weighted by Crippen LogP contribution is -2.01. The molecule has 116 valence electrons. The maximum Gasteiger partial charge on any atom is 0.189 e. The van der Waals surface area contributed by atoms with E-state index < -0.39 is 0 Å². The number of carbonyl (C=O) groups is 1. The largest absolute Gasteiger partial charge is 0.468 e. The average Bonchev–Trinajstić information content (AvgIpc) is 2.50. The third-order valence-electron chi connectivity index (χ3n) is 3.11. The van der Waals surface area contributed by atoms with Crippen LogP contribution in [0.5, 0.6) is 5.75 Å². The van der Waals surface area contributed by atoms with Gasteiger partial charge >= 0.3 is 0 Å². The van der Waals surface area contributed by atoms with Crippen molar-refractivity contribution in [2.24, 2.45) is 0 Å². The highest BCUT2D eigenvalue weighted by atomic mass is 16.7. The second-order valence-electron chi connectivity index (χ2n) is 4.94. The van der Waals surface area contributed by atoms with Gasteiger partial charge in [0.25, 0.3) is 0 Å². The smallest absolute Gasteiger partial charge is 0.189 e. The Morgan fingerprint density at radius 2 is 2.05 bits per heavy atom. The van der Waals surface area contributed by atoms with Crippen molar-refractivity contribution in [1.29, 1.82) is 0 Å². The molecule has 0 aromatic heterocycles. The van der Waals surface area contributed by atoms with Gasteiger partial charge in [-0.15, -0.1) is 0 Å². The number of hydrogen-bond donors (Lipinski definition) is 0. The first-order valence-corrected chi connectivity index (χ1v) is 7.77. The van der Waals surface area contributed by atoms with Crippen molar-refractivity contribution in [3.8, 4) is 5.75 Å². The van der Waals surface area contributed by atoms with Crippen molar-refractivity contribution in [2.45, 2.75) is 46.0 Å². The molecule has 0 unspecified atom stereocenters. The molecule has 1 rings (SSSR count). The standard InChI is InChI=1S/C18H26O3/c1-3-5-6-7-10-17(19)13-12-16-9-8-11-18(14-16)21-15-20-4-2/h8-9,11-14H,3-7,10,15H2,1-2H3/b13-12+. The summed E-state index contributed by atoms with van der Waals surface area (Å²) in [5.41, 5.74) is 0.964. The second-order valence-corrected chi connectivity index (χ2v) is 4.94. The number of benzene rings is 1. The lowest BCUT2D eigenvalue weighted by Gasteiger charge is -2.06. The summed E-state index contributed by atoms with van der Waals surface area (Å²) in [6.07, 6.45) is 8.65. The van der Waals surface area contributed by atoms with Crippen LogP contribution in [0.2, 0.25) is 0 Å². The van der Waals surface area contributed by atoms with Crippen LogP contribution in [-0.2, 0) is 9.53 Å². The first-order valence-electron chi connectivity index (χ1n) is 7.77. The molecule has 21 heavy (non-hydrogen) atoms. The zero-order valence-corrected chi connectivity index (χ0v) is 13.1. The zero-order valence-electron chi connectivity index (χ0n) is 13.1. The van der Waals surface area contributed by atoms with Gasteiger partial charge < -0.3 is 9.47 Å². The Balaban J connectivity index is 2.40. The fraction of sp³-hybridized carbons (Fsp3) is 0.500. The minimum absolute atomic E-state index is 0.187. The Labute approximate surface area is 128 Å². The molecular formula is C18H26O3. The lowest BCUT2D eigenvalue weighted by molar-refractivity contribution is -0.114. The van der Waals surface area contributed by atoms with Gasteiger partial charge in [0.2, 0.25) is 0 Å². The summed E-state index contributed by atoms with van der Waals surface area (Å²) in [5, 5.41) is 0. The first kappa shape index (κ1) is 17.4. The maximum atomic E-state index is 11.7. The van der Waals surface area contributed by atoms with E-state index in [-0.39, 0.29) is 12.6 Å². The van der Waals surface area contributed by atoms with Crippen LogP contribution in [0, 0.1) is 0 Å². The predicted octanol–water partition coefficient (Wildman–Crippen LogP) is 4.61. The van der Waals surface area contributed by atoms with Crippen molar-refractivity contribution in [2.75, 3.05) is 13.4 Å². The van der Waals surface area contributed by atoms with Gasteiger partial charge in [-0.2, -0.15) is 0 Å². The number of ketones is 1. The molecule has 3 nitrogen and oxygen atoms in total. The molecule has 0 fully saturated rings. The molecule has 0 saturated heterocycles. The maximum absolute atomic E-state index is 11.7. The molecule has 0 spiro atoms. The van der Waals surface area contributed by atoms with E-state index in [0.29, 0.717) is 13.0 Å². The van der Waals surface area contributed by atoms with E-state index in [1.807, 2.05) is 37.3 Å². The summed E-state index contributed by atoms with van der Waals surface area (Å²) in [6.45, 7) is 4.98. The predicted molar refractivity (Wildman–Crippen MR) is 86.4 cm³/mol. The molecule has 3 heteroatoms. The van der Waals surface area contributed by atoms with Crippen LogP contribution in [-0.4, -0.2) is 19.2 Å². The summed E-state index contributed by atoms with van der Waals surface area (Å²) in [7, 11) is 0. The zero-order chi connectivity index (χ0) is 15.3. The fourth-order valence-electron chi connectivity index (χ4n) is 1.90. The van der Waals surface area contributed by atoms with Gasteiger partial charge in [0.15, 0.2) is 12.6 Å². The van der Waals surface area contributed by atoms with Crippen LogP contribution in [0.4, 0.5) is 0 Å². The topological polar surface area (TPSA) is 35.5 Å². The van der Waals surface area contributed by atoms with E-state index in [2.05, 4.69) is 6.92 Å². The van der Waals surface area contributed by atoms with Crippen molar-refractivity contribution >= 4 is 11.9 Å². The Hall–Kier alpha value is -1.61. The van der Waals surface area contributed by atoms with Crippen LogP contribution in [0.3, 0.4) is 0 Å². The highest BCUT2D eigenvalue weighted by Crippen LogP contribution is 2.15. The average molecular weight is 290 g/mol. The summed E-state index contributed by atoms with van der Waals surface area (Å²) in [5.74, 6) is 0.938. The van der Waals surface area contributed by atoms with E-state index in [1.54, 1.807) is 6.08 Å². The lowest BCUT2D eigenvalue weighted by atomic mass is 10.1. The fourth-order valence-corrected chi connectivity index (χ4v) is 1.90. The number of ether oxygens (including phenoxy) is 2. The van der Waals surface area contributed by atoms with Crippen molar-refractivity contribution in [3.05, 3.63) is 35.9 Å². The van der Waals surface area contributed by atoms with Crippen molar-refractivity contribution < 1.29 is 14.3 Å². The van der Waals surface area contributed by atoms with Crippen LogP contribution in [0.15, 0.2) is 30.3 Å². The molecule has 0 bridgehead atoms. The molecule has 0 heterocycles. The molecule has 0 atom stereocenters. The summed E-state index contributed by atoms with van der Waals surface area (Å²) >= 11 is 0. The third kappa shape index (κ3) is 8.30. The molecule has 0 aliphatic heterocycles. The molecule has 1 aromatic carbocycles. The Morgan fingerprint density at radius 1 is 1.19 bits per heavy atom. The molecule has 1 aromatic rings. The van der Waals surface area contributed by atoms with E-state index in [4.69, 9.17) is 9.47 Å². The number of carbonyl (C=O) groups excluding carboxylic acids is 1. The van der Waals surface area contributed by atoms with Crippen molar-refractivity contribution in [1.82, 2.24) is 0 Å². The molecule has 0 amide bonds. The minimum Gasteiger partial charge on any atom is -0.468 e. The molecule has 0 saturated carbocycles. The first-order chi connectivity index (χ1) is 10.3.